The second kappa shape index (κ2) is 7.24. The van der Waals surface area contributed by atoms with Crippen LogP contribution in [0.5, 0.6) is 0 Å². The van der Waals surface area contributed by atoms with Crippen molar-refractivity contribution in [1.29, 1.82) is 0 Å². The largest absolute Gasteiger partial charge is 0.387 e. The zero-order valence-corrected chi connectivity index (χ0v) is 12.4. The van der Waals surface area contributed by atoms with E-state index in [1.165, 1.54) is 6.42 Å². The monoisotopic (exact) mass is 276 g/mol. The number of nitrogens with one attached hydrogen (secondary N) is 2. The molecule has 1 amide bonds. The molecule has 2 rings (SSSR count). The lowest BCUT2D eigenvalue weighted by molar-refractivity contribution is 0.0911. The lowest BCUT2D eigenvalue weighted by Gasteiger charge is -2.32. The Bertz CT molecular complexity index is 441. The molecular formula is C15H24N4O. The van der Waals surface area contributed by atoms with E-state index in [-0.39, 0.29) is 11.9 Å². The Kier molecular flexibility index (Phi) is 5.35. The van der Waals surface area contributed by atoms with E-state index in [0.29, 0.717) is 5.56 Å². The van der Waals surface area contributed by atoms with E-state index in [2.05, 4.69) is 27.4 Å². The fraction of sp³-hybridized carbons (Fsp3) is 0.600. The van der Waals surface area contributed by atoms with Gasteiger partial charge in [-0.2, -0.15) is 0 Å². The van der Waals surface area contributed by atoms with Crippen LogP contribution in [0, 0.1) is 0 Å². The molecule has 5 heteroatoms. The summed E-state index contributed by atoms with van der Waals surface area (Å²) < 4.78 is 0. The number of aromatic nitrogens is 1. The van der Waals surface area contributed by atoms with Gasteiger partial charge in [0.05, 0.1) is 5.56 Å². The number of nitrogens with zero attached hydrogens (tertiary/aromatic N) is 2. The maximum absolute atomic E-state index is 12.3. The molecule has 20 heavy (non-hydrogen) atoms. The summed E-state index contributed by atoms with van der Waals surface area (Å²) in [5, 5.41) is 6.16. The van der Waals surface area contributed by atoms with Crippen molar-refractivity contribution in [3.8, 4) is 0 Å². The number of likely N-dealkylation sites (tertiary alicyclic amines) is 1. The van der Waals surface area contributed by atoms with E-state index in [4.69, 9.17) is 0 Å². The minimum atomic E-state index is -0.0311. The Balaban J connectivity index is 1.89. The summed E-state index contributed by atoms with van der Waals surface area (Å²) >= 11 is 0. The van der Waals surface area contributed by atoms with Crippen LogP contribution >= 0.6 is 0 Å². The van der Waals surface area contributed by atoms with Gasteiger partial charge in [-0.15, -0.1) is 0 Å². The maximum atomic E-state index is 12.3. The number of rotatable bonds is 5. The molecule has 2 N–H and O–H groups in total. The number of hydrogen-bond acceptors (Lipinski definition) is 4. The number of amides is 1. The van der Waals surface area contributed by atoms with E-state index < -0.39 is 0 Å². The molecule has 2 heterocycles. The molecular weight excluding hydrogens is 252 g/mol. The third-order valence-corrected chi connectivity index (χ3v) is 3.80. The summed E-state index contributed by atoms with van der Waals surface area (Å²) in [6.07, 6.45) is 6.55. The van der Waals surface area contributed by atoms with Gasteiger partial charge in [0.1, 0.15) is 0 Å². The summed E-state index contributed by atoms with van der Waals surface area (Å²) in [5.41, 5.74) is 1.44. The summed E-state index contributed by atoms with van der Waals surface area (Å²) in [5.74, 6) is -0.0311. The molecule has 0 bridgehead atoms. The third-order valence-electron chi connectivity index (χ3n) is 3.80. The fourth-order valence-electron chi connectivity index (χ4n) is 2.67. The predicted molar refractivity (Wildman–Crippen MR) is 81.0 cm³/mol. The molecule has 1 fully saturated rings. The van der Waals surface area contributed by atoms with Crippen LogP contribution in [0.15, 0.2) is 18.5 Å². The molecule has 0 spiro atoms. The van der Waals surface area contributed by atoms with Crippen LogP contribution in [-0.4, -0.2) is 48.5 Å². The van der Waals surface area contributed by atoms with Gasteiger partial charge in [-0.05, 0) is 31.9 Å². The van der Waals surface area contributed by atoms with Gasteiger partial charge in [-0.25, -0.2) is 0 Å². The molecule has 0 atom stereocenters. The molecule has 0 saturated carbocycles. The standard InChI is InChI=1S/C15H24N4O/c1-3-8-19-9-5-12(6-10-19)18-15(20)13-11-17-7-4-14(13)16-2/h4,7,11-12H,3,5-6,8-10H2,1-2H3,(H,16,17)(H,18,20). The van der Waals surface area contributed by atoms with Crippen LogP contribution in [0.2, 0.25) is 0 Å². The normalized spacial score (nSPS) is 16.9. The highest BCUT2D eigenvalue weighted by Gasteiger charge is 2.21. The Labute approximate surface area is 120 Å². The van der Waals surface area contributed by atoms with Crippen molar-refractivity contribution in [3.63, 3.8) is 0 Å². The second-order valence-electron chi connectivity index (χ2n) is 5.26. The molecule has 1 saturated heterocycles. The van der Waals surface area contributed by atoms with E-state index in [0.717, 1.165) is 38.2 Å². The average Bonchev–Trinajstić information content (AvgIpc) is 2.49. The minimum Gasteiger partial charge on any atom is -0.387 e. The molecule has 1 aliphatic rings. The van der Waals surface area contributed by atoms with E-state index in [1.54, 1.807) is 12.4 Å². The molecule has 1 aromatic heterocycles. The highest BCUT2D eigenvalue weighted by atomic mass is 16.1. The Morgan fingerprint density at radius 2 is 2.20 bits per heavy atom. The maximum Gasteiger partial charge on any atom is 0.255 e. The van der Waals surface area contributed by atoms with Crippen molar-refractivity contribution >= 4 is 11.6 Å². The van der Waals surface area contributed by atoms with E-state index in [1.807, 2.05) is 13.1 Å². The number of carbonyl (C=O) groups is 1. The Morgan fingerprint density at radius 3 is 2.85 bits per heavy atom. The molecule has 110 valence electrons. The van der Waals surface area contributed by atoms with Crippen molar-refractivity contribution in [2.75, 3.05) is 32.0 Å². The predicted octanol–water partition coefficient (Wildman–Crippen LogP) is 1.73. The third kappa shape index (κ3) is 3.70. The van der Waals surface area contributed by atoms with Gasteiger partial charge in [0.2, 0.25) is 0 Å². The molecule has 0 unspecified atom stereocenters. The first-order chi connectivity index (χ1) is 9.74. The zero-order valence-electron chi connectivity index (χ0n) is 12.4. The summed E-state index contributed by atoms with van der Waals surface area (Å²) in [7, 11) is 1.81. The molecule has 1 aromatic rings. The highest BCUT2D eigenvalue weighted by Crippen LogP contribution is 2.15. The minimum absolute atomic E-state index is 0.0311. The average molecular weight is 276 g/mol. The van der Waals surface area contributed by atoms with Gasteiger partial charge in [0.15, 0.2) is 0 Å². The van der Waals surface area contributed by atoms with Crippen molar-refractivity contribution in [2.45, 2.75) is 32.2 Å². The number of anilines is 1. The van der Waals surface area contributed by atoms with E-state index in [9.17, 15) is 4.79 Å². The molecule has 5 nitrogen and oxygen atoms in total. The van der Waals surface area contributed by atoms with Crippen LogP contribution in [0.25, 0.3) is 0 Å². The van der Waals surface area contributed by atoms with Gasteiger partial charge in [-0.3, -0.25) is 9.78 Å². The number of piperidine rings is 1. The summed E-state index contributed by atoms with van der Waals surface area (Å²) in [6.45, 7) is 5.51. The topological polar surface area (TPSA) is 57.3 Å². The van der Waals surface area contributed by atoms with Crippen molar-refractivity contribution in [1.82, 2.24) is 15.2 Å². The molecule has 0 radical (unpaired) electrons. The molecule has 0 aromatic carbocycles. The smallest absolute Gasteiger partial charge is 0.255 e. The molecule has 0 aliphatic carbocycles. The van der Waals surface area contributed by atoms with Crippen LogP contribution in [-0.2, 0) is 0 Å². The second-order valence-corrected chi connectivity index (χ2v) is 5.26. The van der Waals surface area contributed by atoms with Gasteiger partial charge >= 0.3 is 0 Å². The van der Waals surface area contributed by atoms with E-state index >= 15 is 0 Å². The highest BCUT2D eigenvalue weighted by molar-refractivity contribution is 5.99. The first-order valence-corrected chi connectivity index (χ1v) is 7.39. The molecule has 1 aliphatic heterocycles. The lowest BCUT2D eigenvalue weighted by atomic mass is 10.0. The van der Waals surface area contributed by atoms with Crippen molar-refractivity contribution in [2.24, 2.45) is 0 Å². The quantitative estimate of drug-likeness (QED) is 0.860. The van der Waals surface area contributed by atoms with Crippen LogP contribution < -0.4 is 10.6 Å². The van der Waals surface area contributed by atoms with Crippen LogP contribution in [0.4, 0.5) is 5.69 Å². The van der Waals surface area contributed by atoms with Gasteiger partial charge in [0, 0.05) is 44.3 Å². The zero-order chi connectivity index (χ0) is 14.4. The lowest BCUT2D eigenvalue weighted by Crippen LogP contribution is -2.44. The van der Waals surface area contributed by atoms with Crippen molar-refractivity contribution < 1.29 is 4.79 Å². The number of hydrogen-bond donors (Lipinski definition) is 2. The summed E-state index contributed by atoms with van der Waals surface area (Å²) in [6, 6.07) is 2.10. The van der Waals surface area contributed by atoms with Gasteiger partial charge < -0.3 is 15.5 Å². The Morgan fingerprint density at radius 1 is 1.45 bits per heavy atom. The van der Waals surface area contributed by atoms with Gasteiger partial charge in [-0.1, -0.05) is 6.92 Å². The summed E-state index contributed by atoms with van der Waals surface area (Å²) in [4.78, 5) is 18.8. The number of carbonyl (C=O) groups excluding carboxylic acids is 1. The van der Waals surface area contributed by atoms with Crippen LogP contribution in [0.3, 0.4) is 0 Å². The first-order valence-electron chi connectivity index (χ1n) is 7.39. The fourth-order valence-corrected chi connectivity index (χ4v) is 2.67. The number of pyridine rings is 1. The first kappa shape index (κ1) is 14.8. The van der Waals surface area contributed by atoms with Crippen LogP contribution in [0.1, 0.15) is 36.5 Å². The Hall–Kier alpha value is -1.62. The van der Waals surface area contributed by atoms with Gasteiger partial charge in [0.25, 0.3) is 5.91 Å². The van der Waals surface area contributed by atoms with Crippen molar-refractivity contribution in [3.05, 3.63) is 24.0 Å². The SMILES string of the molecule is CCCN1CCC(NC(=O)c2cnccc2NC)CC1.